The molecule has 0 fully saturated rings. The molecular formula is C24H22N2O3. The van der Waals surface area contributed by atoms with Gasteiger partial charge in [0.1, 0.15) is 11.5 Å². The van der Waals surface area contributed by atoms with Gasteiger partial charge in [-0.05, 0) is 42.2 Å². The van der Waals surface area contributed by atoms with E-state index in [9.17, 15) is 9.59 Å². The standard InChI is InChI=1S/C24H22N2O3/c1-15-7-8-17(9-18(15)12-24(28)22-14-26-29-16(22)2)10-20(27)11-19-13-25-23-6-4-3-5-21(19)23/h3-9,13-14,25H,10-12H2,1-2H3. The number of hydrogen-bond donors (Lipinski definition) is 1. The van der Waals surface area contributed by atoms with Crippen LogP contribution in [0.5, 0.6) is 0 Å². The normalized spacial score (nSPS) is 11.1. The van der Waals surface area contributed by atoms with E-state index in [2.05, 4.69) is 10.1 Å². The number of Topliss-reactive ketones (excluding diaryl/α,β-unsaturated/α-hetero) is 2. The Bertz CT molecular complexity index is 1200. The third-order valence-corrected chi connectivity index (χ3v) is 5.28. The maximum absolute atomic E-state index is 12.7. The Hall–Kier alpha value is -3.47. The number of carbonyl (C=O) groups excluding carboxylic acids is 2. The third-order valence-electron chi connectivity index (χ3n) is 5.28. The molecule has 2 aromatic carbocycles. The van der Waals surface area contributed by atoms with Gasteiger partial charge in [0.05, 0.1) is 11.8 Å². The molecule has 0 unspecified atom stereocenters. The van der Waals surface area contributed by atoms with Gasteiger partial charge < -0.3 is 9.51 Å². The smallest absolute Gasteiger partial charge is 0.172 e. The fourth-order valence-electron chi connectivity index (χ4n) is 3.64. The van der Waals surface area contributed by atoms with Crippen molar-refractivity contribution >= 4 is 22.5 Å². The van der Waals surface area contributed by atoms with Gasteiger partial charge >= 0.3 is 0 Å². The molecule has 5 heteroatoms. The molecule has 0 aliphatic heterocycles. The predicted molar refractivity (Wildman–Crippen MR) is 111 cm³/mol. The van der Waals surface area contributed by atoms with Crippen LogP contribution in [-0.4, -0.2) is 21.7 Å². The van der Waals surface area contributed by atoms with Crippen LogP contribution in [-0.2, 0) is 24.1 Å². The number of fused-ring (bicyclic) bond motifs is 1. The number of carbonyl (C=O) groups is 2. The highest BCUT2D eigenvalue weighted by molar-refractivity contribution is 5.98. The number of rotatable bonds is 7. The minimum atomic E-state index is -0.0332. The Morgan fingerprint density at radius 2 is 1.83 bits per heavy atom. The fourth-order valence-corrected chi connectivity index (χ4v) is 3.64. The van der Waals surface area contributed by atoms with Crippen LogP contribution < -0.4 is 0 Å². The summed E-state index contributed by atoms with van der Waals surface area (Å²) in [6.07, 6.45) is 4.35. The van der Waals surface area contributed by atoms with Crippen molar-refractivity contribution in [1.82, 2.24) is 10.1 Å². The number of para-hydroxylation sites is 1. The maximum atomic E-state index is 12.7. The zero-order chi connectivity index (χ0) is 20.4. The highest BCUT2D eigenvalue weighted by atomic mass is 16.5. The van der Waals surface area contributed by atoms with E-state index < -0.39 is 0 Å². The van der Waals surface area contributed by atoms with Crippen LogP contribution in [0, 0.1) is 13.8 Å². The lowest BCUT2D eigenvalue weighted by molar-refractivity contribution is -0.117. The zero-order valence-electron chi connectivity index (χ0n) is 16.5. The summed E-state index contributed by atoms with van der Waals surface area (Å²) in [5.74, 6) is 0.637. The molecule has 0 radical (unpaired) electrons. The molecule has 0 saturated carbocycles. The van der Waals surface area contributed by atoms with E-state index in [-0.39, 0.29) is 18.0 Å². The molecule has 146 valence electrons. The second-order valence-corrected chi connectivity index (χ2v) is 7.41. The first-order valence-electron chi connectivity index (χ1n) is 9.61. The lowest BCUT2D eigenvalue weighted by Crippen LogP contribution is -2.09. The molecular weight excluding hydrogens is 364 g/mol. The summed E-state index contributed by atoms with van der Waals surface area (Å²) in [5, 5.41) is 4.76. The molecule has 4 aromatic rings. The molecule has 2 heterocycles. The van der Waals surface area contributed by atoms with E-state index >= 15 is 0 Å². The molecule has 1 N–H and O–H groups in total. The zero-order valence-corrected chi connectivity index (χ0v) is 16.5. The Labute approximate surface area is 168 Å². The molecule has 2 aromatic heterocycles. The number of nitrogens with zero attached hydrogens (tertiary/aromatic N) is 1. The van der Waals surface area contributed by atoms with Crippen molar-refractivity contribution in [2.75, 3.05) is 0 Å². The Balaban J connectivity index is 1.47. The van der Waals surface area contributed by atoms with Gasteiger partial charge in [0.15, 0.2) is 5.78 Å². The number of aryl methyl sites for hydroxylation is 2. The van der Waals surface area contributed by atoms with Gasteiger partial charge in [0.25, 0.3) is 0 Å². The lowest BCUT2D eigenvalue weighted by Gasteiger charge is -2.08. The fraction of sp³-hybridized carbons (Fsp3) is 0.208. The molecule has 0 aliphatic carbocycles. The summed E-state index contributed by atoms with van der Waals surface area (Å²) in [5.41, 5.74) is 5.43. The van der Waals surface area contributed by atoms with Crippen LogP contribution in [0.3, 0.4) is 0 Å². The minimum Gasteiger partial charge on any atom is -0.361 e. The average Bonchev–Trinajstić information content (AvgIpc) is 3.31. The van der Waals surface area contributed by atoms with Crippen LogP contribution in [0.4, 0.5) is 0 Å². The molecule has 0 saturated heterocycles. The van der Waals surface area contributed by atoms with Gasteiger partial charge in [-0.2, -0.15) is 0 Å². The van der Waals surface area contributed by atoms with Crippen LogP contribution in [0.25, 0.3) is 10.9 Å². The van der Waals surface area contributed by atoms with Gasteiger partial charge in [-0.15, -0.1) is 0 Å². The molecule has 29 heavy (non-hydrogen) atoms. The van der Waals surface area contributed by atoms with Crippen molar-refractivity contribution in [3.8, 4) is 0 Å². The Morgan fingerprint density at radius 3 is 2.62 bits per heavy atom. The summed E-state index contributed by atoms with van der Waals surface area (Å²) in [6.45, 7) is 3.70. The van der Waals surface area contributed by atoms with Crippen molar-refractivity contribution in [2.45, 2.75) is 33.1 Å². The summed E-state index contributed by atoms with van der Waals surface area (Å²) >= 11 is 0. The first-order chi connectivity index (χ1) is 14.0. The number of H-pyrrole nitrogens is 1. The summed E-state index contributed by atoms with van der Waals surface area (Å²) < 4.78 is 4.99. The number of hydrogen-bond acceptors (Lipinski definition) is 4. The van der Waals surface area contributed by atoms with E-state index in [1.165, 1.54) is 6.20 Å². The predicted octanol–water partition coefficient (Wildman–Crippen LogP) is 4.55. The number of aromatic nitrogens is 2. The van der Waals surface area contributed by atoms with E-state index in [0.717, 1.165) is 33.2 Å². The maximum Gasteiger partial charge on any atom is 0.172 e. The molecule has 0 bridgehead atoms. The van der Waals surface area contributed by atoms with Crippen molar-refractivity contribution in [3.63, 3.8) is 0 Å². The molecule has 0 spiro atoms. The van der Waals surface area contributed by atoms with Crippen LogP contribution in [0.1, 0.15) is 38.4 Å². The second-order valence-electron chi connectivity index (χ2n) is 7.41. The Kier molecular flexibility index (Phi) is 5.12. The van der Waals surface area contributed by atoms with Crippen LogP contribution in [0.15, 0.2) is 59.4 Å². The van der Waals surface area contributed by atoms with E-state index in [1.807, 2.05) is 55.6 Å². The van der Waals surface area contributed by atoms with E-state index in [4.69, 9.17) is 4.52 Å². The molecule has 0 amide bonds. The van der Waals surface area contributed by atoms with Gasteiger partial charge in [-0.1, -0.05) is 41.6 Å². The van der Waals surface area contributed by atoms with Crippen LogP contribution in [0.2, 0.25) is 0 Å². The van der Waals surface area contributed by atoms with Crippen molar-refractivity contribution in [1.29, 1.82) is 0 Å². The minimum absolute atomic E-state index is 0.0332. The molecule has 5 nitrogen and oxygen atoms in total. The number of aromatic amines is 1. The highest BCUT2D eigenvalue weighted by Gasteiger charge is 2.16. The van der Waals surface area contributed by atoms with Crippen LogP contribution >= 0.6 is 0 Å². The van der Waals surface area contributed by atoms with Crippen molar-refractivity contribution in [3.05, 3.63) is 88.4 Å². The number of ketones is 2. The summed E-state index contributed by atoms with van der Waals surface area (Å²) in [7, 11) is 0. The topological polar surface area (TPSA) is 76.0 Å². The quantitative estimate of drug-likeness (QED) is 0.473. The third kappa shape index (κ3) is 4.04. The first-order valence-corrected chi connectivity index (χ1v) is 9.61. The molecule has 4 rings (SSSR count). The van der Waals surface area contributed by atoms with E-state index in [0.29, 0.717) is 24.2 Å². The van der Waals surface area contributed by atoms with Gasteiger partial charge in [-0.3, -0.25) is 9.59 Å². The van der Waals surface area contributed by atoms with Crippen molar-refractivity contribution < 1.29 is 14.1 Å². The highest BCUT2D eigenvalue weighted by Crippen LogP contribution is 2.20. The van der Waals surface area contributed by atoms with Gasteiger partial charge in [-0.25, -0.2) is 0 Å². The number of benzene rings is 2. The molecule has 0 atom stereocenters. The van der Waals surface area contributed by atoms with E-state index in [1.54, 1.807) is 6.92 Å². The average molecular weight is 386 g/mol. The SMILES string of the molecule is Cc1ccc(CC(=O)Cc2c[nH]c3ccccc23)cc1CC(=O)c1cnoc1C. The monoisotopic (exact) mass is 386 g/mol. The lowest BCUT2D eigenvalue weighted by atomic mass is 9.95. The van der Waals surface area contributed by atoms with Crippen molar-refractivity contribution in [2.24, 2.45) is 0 Å². The second kappa shape index (κ2) is 7.87. The largest absolute Gasteiger partial charge is 0.361 e. The van der Waals surface area contributed by atoms with Gasteiger partial charge in [0, 0.05) is 36.4 Å². The molecule has 0 aliphatic rings. The summed E-state index contributed by atoms with van der Waals surface area (Å²) in [6, 6.07) is 13.9. The Morgan fingerprint density at radius 1 is 1.00 bits per heavy atom. The summed E-state index contributed by atoms with van der Waals surface area (Å²) in [4.78, 5) is 28.4. The van der Waals surface area contributed by atoms with Gasteiger partial charge in [0.2, 0.25) is 0 Å². The number of nitrogens with one attached hydrogen (secondary N) is 1. The first kappa shape index (κ1) is 18.9.